The van der Waals surface area contributed by atoms with Gasteiger partial charge in [-0.1, -0.05) is 18.2 Å². The number of ether oxygens (including phenoxy) is 2. The number of aromatic nitrogens is 2. The van der Waals surface area contributed by atoms with Crippen molar-refractivity contribution in [2.75, 3.05) is 56.6 Å². The van der Waals surface area contributed by atoms with Gasteiger partial charge in [0.2, 0.25) is 0 Å². The summed E-state index contributed by atoms with van der Waals surface area (Å²) in [6, 6.07) is 12.7. The molecule has 0 bridgehead atoms. The fourth-order valence-electron chi connectivity index (χ4n) is 2.50. The van der Waals surface area contributed by atoms with Gasteiger partial charge in [0.05, 0.1) is 13.2 Å². The van der Waals surface area contributed by atoms with Gasteiger partial charge in [0, 0.05) is 26.2 Å². The van der Waals surface area contributed by atoms with Crippen LogP contribution >= 0.6 is 0 Å². The lowest BCUT2D eigenvalue weighted by Crippen LogP contribution is -2.39. The molecule has 1 fully saturated rings. The summed E-state index contributed by atoms with van der Waals surface area (Å²) in [5, 5.41) is 14.0. The maximum Gasteiger partial charge on any atom is 0.263 e. The largest absolute Gasteiger partial charge is 0.484 e. The summed E-state index contributed by atoms with van der Waals surface area (Å²) in [7, 11) is 0. The van der Waals surface area contributed by atoms with Gasteiger partial charge in [-0.05, 0) is 24.3 Å². The molecule has 0 unspecified atom stereocenters. The molecule has 1 saturated heterocycles. The number of amides is 1. The van der Waals surface area contributed by atoms with Crippen LogP contribution in [0.4, 0.5) is 11.6 Å². The summed E-state index contributed by atoms with van der Waals surface area (Å²) in [6.07, 6.45) is 0. The minimum Gasteiger partial charge on any atom is -0.484 e. The standard InChI is InChI=1S/C18H23N5O3/c24-18(14-26-15-4-2-1-3-5-15)20-17-7-6-16(21-22-17)19-8-9-23-10-12-25-13-11-23/h1-7H,8-14H2,(H,19,21)(H,20,22,24). The van der Waals surface area contributed by atoms with Gasteiger partial charge in [-0.2, -0.15) is 0 Å². The van der Waals surface area contributed by atoms with Gasteiger partial charge in [-0.3, -0.25) is 9.69 Å². The zero-order valence-corrected chi connectivity index (χ0v) is 14.6. The Labute approximate surface area is 152 Å². The average molecular weight is 357 g/mol. The maximum absolute atomic E-state index is 11.9. The third-order valence-corrected chi connectivity index (χ3v) is 3.88. The van der Waals surface area contributed by atoms with Gasteiger partial charge < -0.3 is 20.1 Å². The Morgan fingerprint density at radius 1 is 1.08 bits per heavy atom. The highest BCUT2D eigenvalue weighted by Crippen LogP contribution is 2.09. The molecule has 1 aliphatic rings. The van der Waals surface area contributed by atoms with E-state index in [4.69, 9.17) is 9.47 Å². The van der Waals surface area contributed by atoms with Crippen molar-refractivity contribution in [1.82, 2.24) is 15.1 Å². The van der Waals surface area contributed by atoms with E-state index in [1.807, 2.05) is 18.2 Å². The van der Waals surface area contributed by atoms with Crippen LogP contribution < -0.4 is 15.4 Å². The smallest absolute Gasteiger partial charge is 0.263 e. The third-order valence-electron chi connectivity index (χ3n) is 3.88. The number of nitrogens with one attached hydrogen (secondary N) is 2. The molecule has 2 N–H and O–H groups in total. The number of morpholine rings is 1. The highest BCUT2D eigenvalue weighted by atomic mass is 16.5. The highest BCUT2D eigenvalue weighted by molar-refractivity contribution is 5.90. The van der Waals surface area contributed by atoms with Crippen LogP contribution in [0.1, 0.15) is 0 Å². The number of hydrogen-bond donors (Lipinski definition) is 2. The maximum atomic E-state index is 11.9. The number of benzene rings is 1. The lowest BCUT2D eigenvalue weighted by atomic mass is 10.3. The van der Waals surface area contributed by atoms with Crippen molar-refractivity contribution < 1.29 is 14.3 Å². The van der Waals surface area contributed by atoms with Crippen molar-refractivity contribution in [2.24, 2.45) is 0 Å². The Hall–Kier alpha value is -2.71. The van der Waals surface area contributed by atoms with Crippen molar-refractivity contribution in [3.63, 3.8) is 0 Å². The summed E-state index contributed by atoms with van der Waals surface area (Å²) < 4.78 is 10.7. The molecule has 26 heavy (non-hydrogen) atoms. The van der Waals surface area contributed by atoms with E-state index < -0.39 is 0 Å². The Kier molecular flexibility index (Phi) is 6.74. The van der Waals surface area contributed by atoms with Gasteiger partial charge >= 0.3 is 0 Å². The molecule has 2 heterocycles. The van der Waals surface area contributed by atoms with Gasteiger partial charge in [0.1, 0.15) is 11.6 Å². The summed E-state index contributed by atoms with van der Waals surface area (Å²) >= 11 is 0. The number of hydrogen-bond acceptors (Lipinski definition) is 7. The van der Waals surface area contributed by atoms with E-state index in [-0.39, 0.29) is 12.5 Å². The number of carbonyl (C=O) groups excluding carboxylic acids is 1. The second kappa shape index (κ2) is 9.69. The Balaban J connectivity index is 1.37. The van der Waals surface area contributed by atoms with Gasteiger partial charge in [-0.25, -0.2) is 0 Å². The molecule has 0 atom stereocenters. The molecule has 0 radical (unpaired) electrons. The van der Waals surface area contributed by atoms with Crippen LogP contribution in [0.15, 0.2) is 42.5 Å². The molecule has 1 aliphatic heterocycles. The monoisotopic (exact) mass is 357 g/mol. The minimum absolute atomic E-state index is 0.0781. The van der Waals surface area contributed by atoms with Crippen molar-refractivity contribution in [3.05, 3.63) is 42.5 Å². The van der Waals surface area contributed by atoms with Gasteiger partial charge in [0.15, 0.2) is 12.4 Å². The molecule has 0 spiro atoms. The van der Waals surface area contributed by atoms with Crippen LogP contribution in [0.5, 0.6) is 5.75 Å². The van der Waals surface area contributed by atoms with E-state index in [2.05, 4.69) is 25.7 Å². The molecular weight excluding hydrogens is 334 g/mol. The molecule has 0 aliphatic carbocycles. The Morgan fingerprint density at radius 3 is 2.54 bits per heavy atom. The van der Waals surface area contributed by atoms with Crippen LogP contribution in [0.25, 0.3) is 0 Å². The van der Waals surface area contributed by atoms with E-state index in [1.54, 1.807) is 24.3 Å². The molecule has 1 aromatic carbocycles. The molecule has 8 heteroatoms. The normalized spacial score (nSPS) is 14.6. The first-order chi connectivity index (χ1) is 12.8. The Morgan fingerprint density at radius 2 is 1.81 bits per heavy atom. The van der Waals surface area contributed by atoms with Crippen LogP contribution in [0.3, 0.4) is 0 Å². The van der Waals surface area contributed by atoms with Crippen molar-refractivity contribution in [1.29, 1.82) is 0 Å². The molecular formula is C18H23N5O3. The van der Waals surface area contributed by atoms with Crippen LogP contribution in [0.2, 0.25) is 0 Å². The van der Waals surface area contributed by atoms with Gasteiger partial charge in [0.25, 0.3) is 5.91 Å². The number of carbonyl (C=O) groups is 1. The van der Waals surface area contributed by atoms with E-state index in [0.29, 0.717) is 17.4 Å². The highest BCUT2D eigenvalue weighted by Gasteiger charge is 2.09. The summed E-state index contributed by atoms with van der Waals surface area (Å²) in [5.41, 5.74) is 0. The number of nitrogens with zero attached hydrogens (tertiary/aromatic N) is 3. The average Bonchev–Trinajstić information content (AvgIpc) is 2.69. The second-order valence-corrected chi connectivity index (χ2v) is 5.83. The SMILES string of the molecule is O=C(COc1ccccc1)Nc1ccc(NCCN2CCOCC2)nn1. The summed E-state index contributed by atoms with van der Waals surface area (Å²) in [4.78, 5) is 14.2. The fraction of sp³-hybridized carbons (Fsp3) is 0.389. The van der Waals surface area contributed by atoms with E-state index in [0.717, 1.165) is 39.4 Å². The predicted molar refractivity (Wildman–Crippen MR) is 98.3 cm³/mol. The first-order valence-electron chi connectivity index (χ1n) is 8.65. The quantitative estimate of drug-likeness (QED) is 0.735. The van der Waals surface area contributed by atoms with E-state index in [1.165, 1.54) is 0 Å². The van der Waals surface area contributed by atoms with Crippen molar-refractivity contribution >= 4 is 17.5 Å². The summed E-state index contributed by atoms with van der Waals surface area (Å²) in [5.74, 6) is 1.44. The second-order valence-electron chi connectivity index (χ2n) is 5.83. The Bertz CT molecular complexity index is 675. The number of para-hydroxylation sites is 1. The molecule has 1 amide bonds. The first-order valence-corrected chi connectivity index (χ1v) is 8.65. The third kappa shape index (κ3) is 5.98. The molecule has 1 aromatic heterocycles. The van der Waals surface area contributed by atoms with Crippen LogP contribution in [0, 0.1) is 0 Å². The van der Waals surface area contributed by atoms with Crippen molar-refractivity contribution in [2.45, 2.75) is 0 Å². The minimum atomic E-state index is -0.281. The zero-order valence-electron chi connectivity index (χ0n) is 14.6. The lowest BCUT2D eigenvalue weighted by molar-refractivity contribution is -0.118. The zero-order chi connectivity index (χ0) is 18.0. The molecule has 2 aromatic rings. The van der Waals surface area contributed by atoms with Crippen LogP contribution in [-0.2, 0) is 9.53 Å². The molecule has 3 rings (SSSR count). The van der Waals surface area contributed by atoms with Crippen molar-refractivity contribution in [3.8, 4) is 5.75 Å². The van der Waals surface area contributed by atoms with E-state index >= 15 is 0 Å². The molecule has 0 saturated carbocycles. The molecule has 8 nitrogen and oxygen atoms in total. The summed E-state index contributed by atoms with van der Waals surface area (Å²) in [6.45, 7) is 5.15. The molecule has 138 valence electrons. The van der Waals surface area contributed by atoms with E-state index in [9.17, 15) is 4.79 Å². The predicted octanol–water partition coefficient (Wildman–Crippen LogP) is 1.24. The number of anilines is 2. The topological polar surface area (TPSA) is 88.6 Å². The van der Waals surface area contributed by atoms with Gasteiger partial charge in [-0.15, -0.1) is 10.2 Å². The van der Waals surface area contributed by atoms with Crippen LogP contribution in [-0.4, -0.2) is 67.0 Å². The fourth-order valence-corrected chi connectivity index (χ4v) is 2.50. The lowest BCUT2D eigenvalue weighted by Gasteiger charge is -2.26. The first kappa shape index (κ1) is 18.1. The number of rotatable bonds is 8.